The summed E-state index contributed by atoms with van der Waals surface area (Å²) in [4.78, 5) is 28.4. The zero-order chi connectivity index (χ0) is 21.0. The van der Waals surface area contributed by atoms with Gasteiger partial charge >= 0.3 is 7.60 Å². The Morgan fingerprint density at radius 1 is 1.14 bits per heavy atom. The minimum Gasteiger partial charge on any atom is -0.337 e. The second-order valence-corrected chi connectivity index (χ2v) is 10.2. The number of aromatic nitrogens is 3. The maximum absolute atomic E-state index is 12.1. The molecule has 0 aliphatic heterocycles. The van der Waals surface area contributed by atoms with Gasteiger partial charge in [0.15, 0.2) is 11.3 Å². The number of rotatable bonds is 3. The Balaban J connectivity index is 2.04. The van der Waals surface area contributed by atoms with Crippen LogP contribution in [0.1, 0.15) is 26.3 Å². The molecule has 0 saturated carbocycles. The van der Waals surface area contributed by atoms with E-state index in [2.05, 4.69) is 47.0 Å². The van der Waals surface area contributed by atoms with Gasteiger partial charge in [0.2, 0.25) is 0 Å². The Kier molecular flexibility index (Phi) is 4.78. The summed E-state index contributed by atoms with van der Waals surface area (Å²) in [5.41, 5.74) is 3.15. The summed E-state index contributed by atoms with van der Waals surface area (Å²) in [6.07, 6.45) is 1.43. The van der Waals surface area contributed by atoms with E-state index in [9.17, 15) is 14.4 Å². The molecule has 0 aliphatic carbocycles. The molecule has 3 N–H and O–H groups in total. The van der Waals surface area contributed by atoms with Crippen LogP contribution in [0.5, 0.6) is 0 Å². The van der Waals surface area contributed by atoms with Gasteiger partial charge in [-0.05, 0) is 51.2 Å². The van der Waals surface area contributed by atoms with Crippen molar-refractivity contribution < 1.29 is 14.4 Å². The van der Waals surface area contributed by atoms with E-state index in [1.54, 1.807) is 4.40 Å². The number of anilines is 2. The van der Waals surface area contributed by atoms with Gasteiger partial charge in [0.25, 0.3) is 0 Å². The first kappa shape index (κ1) is 20.0. The van der Waals surface area contributed by atoms with Gasteiger partial charge in [-0.1, -0.05) is 39.0 Å². The quantitative estimate of drug-likeness (QED) is 0.378. The van der Waals surface area contributed by atoms with Crippen molar-refractivity contribution in [3.63, 3.8) is 0 Å². The number of benzene rings is 2. The van der Waals surface area contributed by atoms with Crippen LogP contribution in [-0.2, 0) is 9.98 Å². The molecule has 0 aliphatic rings. The third-order valence-corrected chi connectivity index (χ3v) is 6.28. The highest BCUT2D eigenvalue weighted by molar-refractivity contribution is 9.10. The van der Waals surface area contributed by atoms with Gasteiger partial charge in [-0.15, -0.1) is 0 Å². The monoisotopic (exact) mass is 474 g/mol. The fourth-order valence-corrected chi connectivity index (χ4v) is 4.26. The SMILES string of the molecule is CC(C)(C)c1ccc2c(c1)nc(Nc1ccccc1Br)c1c(P(=O)(O)O)ncn12. The Morgan fingerprint density at radius 3 is 2.52 bits per heavy atom. The normalized spacial score (nSPS) is 12.6. The highest BCUT2D eigenvalue weighted by atomic mass is 79.9. The van der Waals surface area contributed by atoms with Crippen molar-refractivity contribution in [3.05, 3.63) is 58.8 Å². The van der Waals surface area contributed by atoms with Gasteiger partial charge in [-0.2, -0.15) is 0 Å². The fourth-order valence-electron chi connectivity index (χ4n) is 3.19. The minimum absolute atomic E-state index is 0.0626. The molecule has 0 unspecified atom stereocenters. The van der Waals surface area contributed by atoms with Crippen molar-refractivity contribution in [1.29, 1.82) is 0 Å². The molecular formula is C20H20BrN4O3P. The predicted octanol–water partition coefficient (Wildman–Crippen LogP) is 4.49. The van der Waals surface area contributed by atoms with Crippen molar-refractivity contribution in [2.45, 2.75) is 26.2 Å². The van der Waals surface area contributed by atoms with Gasteiger partial charge in [0, 0.05) is 4.47 Å². The van der Waals surface area contributed by atoms with Crippen LogP contribution in [0, 0.1) is 0 Å². The first-order valence-electron chi connectivity index (χ1n) is 8.94. The van der Waals surface area contributed by atoms with Crippen LogP contribution in [0.4, 0.5) is 11.5 Å². The van der Waals surface area contributed by atoms with Crippen LogP contribution in [0.15, 0.2) is 53.3 Å². The molecule has 2 aromatic carbocycles. The summed E-state index contributed by atoms with van der Waals surface area (Å²) >= 11 is 3.49. The van der Waals surface area contributed by atoms with Gasteiger partial charge in [-0.25, -0.2) is 9.97 Å². The number of para-hydroxylation sites is 1. The van der Waals surface area contributed by atoms with E-state index in [1.807, 2.05) is 42.5 Å². The van der Waals surface area contributed by atoms with Gasteiger partial charge in [-0.3, -0.25) is 8.97 Å². The summed E-state index contributed by atoms with van der Waals surface area (Å²) < 4.78 is 14.5. The van der Waals surface area contributed by atoms with Crippen LogP contribution in [0.2, 0.25) is 0 Å². The van der Waals surface area contributed by atoms with Crippen molar-refractivity contribution in [2.24, 2.45) is 0 Å². The number of imidazole rings is 1. The van der Waals surface area contributed by atoms with Gasteiger partial charge < -0.3 is 15.1 Å². The van der Waals surface area contributed by atoms with E-state index >= 15 is 0 Å². The average molecular weight is 475 g/mol. The smallest absolute Gasteiger partial charge is 0.337 e. The average Bonchev–Trinajstić information content (AvgIpc) is 3.08. The molecule has 150 valence electrons. The van der Waals surface area contributed by atoms with Crippen LogP contribution in [0.3, 0.4) is 0 Å². The van der Waals surface area contributed by atoms with Crippen LogP contribution in [0.25, 0.3) is 16.6 Å². The number of nitrogens with one attached hydrogen (secondary N) is 1. The lowest BCUT2D eigenvalue weighted by atomic mass is 9.87. The number of hydrogen-bond acceptors (Lipinski definition) is 4. The second-order valence-electron chi connectivity index (χ2n) is 7.85. The van der Waals surface area contributed by atoms with Crippen molar-refractivity contribution in [1.82, 2.24) is 14.4 Å². The fraction of sp³-hybridized carbons (Fsp3) is 0.200. The lowest BCUT2D eigenvalue weighted by Gasteiger charge is -2.20. The summed E-state index contributed by atoms with van der Waals surface area (Å²) in [5, 5.41) is 3.20. The lowest BCUT2D eigenvalue weighted by molar-refractivity contribution is 0.386. The maximum atomic E-state index is 12.1. The summed E-state index contributed by atoms with van der Waals surface area (Å²) in [6, 6.07) is 13.4. The molecule has 29 heavy (non-hydrogen) atoms. The standard InChI is InChI=1S/C20H20BrN4O3P/c1-20(2,3)12-8-9-16-15(10-12)24-18(23-14-7-5-4-6-13(14)21)17-19(29(26,27)28)22-11-25(16)17/h4-11H,1-3H3,(H,23,24)(H2,26,27,28). The zero-order valence-corrected chi connectivity index (χ0v) is 18.6. The first-order valence-corrected chi connectivity index (χ1v) is 11.4. The molecule has 0 radical (unpaired) electrons. The van der Waals surface area contributed by atoms with E-state index in [0.29, 0.717) is 11.3 Å². The molecule has 7 nitrogen and oxygen atoms in total. The Hall–Kier alpha value is -2.25. The molecule has 0 spiro atoms. The van der Waals surface area contributed by atoms with Gasteiger partial charge in [0.1, 0.15) is 11.8 Å². The zero-order valence-electron chi connectivity index (χ0n) is 16.1. The van der Waals surface area contributed by atoms with E-state index in [0.717, 1.165) is 21.2 Å². The van der Waals surface area contributed by atoms with Crippen molar-refractivity contribution >= 4 is 57.0 Å². The molecular weight excluding hydrogens is 455 g/mol. The van der Waals surface area contributed by atoms with E-state index in [-0.39, 0.29) is 16.4 Å². The Labute approximate surface area is 176 Å². The third kappa shape index (κ3) is 3.69. The van der Waals surface area contributed by atoms with E-state index < -0.39 is 7.60 Å². The number of fused-ring (bicyclic) bond motifs is 3. The summed E-state index contributed by atoms with van der Waals surface area (Å²) in [5.74, 6) is 0.325. The van der Waals surface area contributed by atoms with Crippen LogP contribution in [-0.4, -0.2) is 24.2 Å². The van der Waals surface area contributed by atoms with Crippen LogP contribution < -0.4 is 10.8 Å². The molecule has 0 saturated heterocycles. The van der Waals surface area contributed by atoms with Crippen molar-refractivity contribution in [2.75, 3.05) is 5.32 Å². The summed E-state index contributed by atoms with van der Waals surface area (Å²) in [6.45, 7) is 6.36. The van der Waals surface area contributed by atoms with Crippen LogP contribution >= 0.6 is 23.5 Å². The Bertz CT molecular complexity index is 1290. The largest absolute Gasteiger partial charge is 0.376 e. The minimum atomic E-state index is -4.60. The molecule has 2 aromatic heterocycles. The topological polar surface area (TPSA) is 99.8 Å². The second kappa shape index (κ2) is 6.92. The highest BCUT2D eigenvalue weighted by Crippen LogP contribution is 2.38. The molecule has 0 amide bonds. The third-order valence-electron chi connectivity index (χ3n) is 4.71. The van der Waals surface area contributed by atoms with E-state index in [1.165, 1.54) is 6.33 Å². The predicted molar refractivity (Wildman–Crippen MR) is 118 cm³/mol. The molecule has 0 atom stereocenters. The molecule has 4 rings (SSSR count). The molecule has 2 heterocycles. The number of halogens is 1. The first-order chi connectivity index (χ1) is 13.6. The number of nitrogens with zero attached hydrogens (tertiary/aromatic N) is 3. The number of hydrogen-bond donors (Lipinski definition) is 3. The van der Waals surface area contributed by atoms with Gasteiger partial charge in [0.05, 0.1) is 16.7 Å². The highest BCUT2D eigenvalue weighted by Gasteiger charge is 2.28. The van der Waals surface area contributed by atoms with E-state index in [4.69, 9.17) is 4.98 Å². The molecule has 4 aromatic rings. The van der Waals surface area contributed by atoms with Crippen molar-refractivity contribution in [3.8, 4) is 0 Å². The maximum Gasteiger partial charge on any atom is 0.376 e. The molecule has 0 fully saturated rings. The lowest BCUT2D eigenvalue weighted by Crippen LogP contribution is -2.12. The molecule has 9 heteroatoms. The Morgan fingerprint density at radius 2 is 1.86 bits per heavy atom. The summed E-state index contributed by atoms with van der Waals surface area (Å²) in [7, 11) is -4.60. The molecule has 0 bridgehead atoms.